The summed E-state index contributed by atoms with van der Waals surface area (Å²) in [6.45, 7) is -1.54. The number of rotatable bonds is 3. The molecule has 0 radical (unpaired) electrons. The fourth-order valence-corrected chi connectivity index (χ4v) is 0.675. The van der Waals surface area contributed by atoms with E-state index in [0.717, 1.165) is 0 Å². The van der Waals surface area contributed by atoms with E-state index in [-0.39, 0.29) is 5.69 Å². The first-order valence-electron chi connectivity index (χ1n) is 3.16. The maximum absolute atomic E-state index is 11.7. The molecule has 14 heavy (non-hydrogen) atoms. The molecule has 0 bridgehead atoms. The second kappa shape index (κ2) is 3.82. The lowest BCUT2D eigenvalue weighted by molar-refractivity contribution is -0.154. The molecule has 0 aliphatic carbocycles. The van der Waals surface area contributed by atoms with Gasteiger partial charge in [-0.05, 0) is 10.3 Å². The maximum atomic E-state index is 11.7. The van der Waals surface area contributed by atoms with Gasteiger partial charge in [0, 0.05) is 0 Å². The summed E-state index contributed by atoms with van der Waals surface area (Å²) in [6, 6.07) is 0. The Morgan fingerprint density at radius 1 is 1.50 bits per heavy atom. The fraction of sp³-hybridized carbons (Fsp3) is 0.400. The van der Waals surface area contributed by atoms with Gasteiger partial charge in [0.15, 0.2) is 11.8 Å². The molecule has 1 heterocycles. The van der Waals surface area contributed by atoms with Crippen molar-refractivity contribution in [1.29, 1.82) is 5.41 Å². The van der Waals surface area contributed by atoms with Crippen LogP contribution in [0, 0.1) is 5.41 Å². The number of hydrogen-bond acceptors (Lipinski definition) is 5. The monoisotopic (exact) mass is 229 g/mol. The molecule has 0 aromatic carbocycles. The summed E-state index contributed by atoms with van der Waals surface area (Å²) in [4.78, 5) is 0. The number of nitrogens with one attached hydrogen (secondary N) is 1. The minimum atomic E-state index is -4.50. The number of ether oxygens (including phenoxy) is 1. The third kappa shape index (κ3) is 2.87. The van der Waals surface area contributed by atoms with Crippen LogP contribution >= 0.6 is 11.6 Å². The van der Waals surface area contributed by atoms with Gasteiger partial charge in [-0.3, -0.25) is 5.41 Å². The normalized spacial score (nSPS) is 11.4. The Hall–Kier alpha value is -1.31. The summed E-state index contributed by atoms with van der Waals surface area (Å²) in [5.41, 5.74) is -0.365. The molecule has 5 nitrogen and oxygen atoms in total. The summed E-state index contributed by atoms with van der Waals surface area (Å²) < 4.78 is 43.3. The Balaban J connectivity index is 2.68. The van der Waals surface area contributed by atoms with E-state index in [1.807, 2.05) is 0 Å². The summed E-state index contributed by atoms with van der Waals surface area (Å²) in [5, 5.41) is 12.3. The molecule has 0 unspecified atom stereocenters. The van der Waals surface area contributed by atoms with Gasteiger partial charge in [0.2, 0.25) is 5.69 Å². The molecule has 0 atom stereocenters. The lowest BCUT2D eigenvalue weighted by Gasteiger charge is -2.05. The van der Waals surface area contributed by atoms with E-state index in [2.05, 4.69) is 19.7 Å². The second-order valence-corrected chi connectivity index (χ2v) is 2.51. The number of halogens is 4. The fourth-order valence-electron chi connectivity index (χ4n) is 0.559. The molecular formula is C5H3ClF3N3O2. The molecule has 1 N–H and O–H groups in total. The lowest BCUT2D eigenvalue weighted by Crippen LogP contribution is -2.20. The minimum absolute atomic E-state index is 0.365. The summed E-state index contributed by atoms with van der Waals surface area (Å²) in [5.74, 6) is -0.553. The SMILES string of the molecule is N=C(Cl)c1nonc1OCC(F)(F)F. The van der Waals surface area contributed by atoms with Crippen molar-refractivity contribution in [3.8, 4) is 5.88 Å². The first-order chi connectivity index (χ1) is 6.40. The van der Waals surface area contributed by atoms with Crippen LogP contribution < -0.4 is 4.74 Å². The molecule has 0 amide bonds. The number of hydrogen-bond donors (Lipinski definition) is 1. The van der Waals surface area contributed by atoms with E-state index < -0.39 is 23.8 Å². The smallest absolute Gasteiger partial charge is 0.422 e. The Kier molecular flexibility index (Phi) is 2.94. The first-order valence-corrected chi connectivity index (χ1v) is 3.54. The molecule has 0 aliphatic heterocycles. The highest BCUT2D eigenvalue weighted by atomic mass is 35.5. The summed E-state index contributed by atoms with van der Waals surface area (Å²) in [6.07, 6.45) is -4.50. The van der Waals surface area contributed by atoms with E-state index >= 15 is 0 Å². The molecule has 1 aromatic rings. The predicted octanol–water partition coefficient (Wildman–Crippen LogP) is 1.57. The Bertz CT molecular complexity index is 337. The first kappa shape index (κ1) is 10.8. The third-order valence-electron chi connectivity index (χ3n) is 1.04. The number of alkyl halides is 3. The second-order valence-electron chi connectivity index (χ2n) is 2.14. The highest BCUT2D eigenvalue weighted by Gasteiger charge is 2.30. The van der Waals surface area contributed by atoms with E-state index in [1.165, 1.54) is 0 Å². The zero-order valence-corrected chi connectivity index (χ0v) is 7.19. The highest BCUT2D eigenvalue weighted by Crippen LogP contribution is 2.19. The van der Waals surface area contributed by atoms with Crippen molar-refractivity contribution in [1.82, 2.24) is 10.3 Å². The molecule has 0 aliphatic rings. The van der Waals surface area contributed by atoms with Gasteiger partial charge in [0.05, 0.1) is 0 Å². The Morgan fingerprint density at radius 2 is 2.14 bits per heavy atom. The van der Waals surface area contributed by atoms with Gasteiger partial charge in [0.1, 0.15) is 0 Å². The van der Waals surface area contributed by atoms with Crippen LogP contribution in [0.4, 0.5) is 13.2 Å². The topological polar surface area (TPSA) is 72.0 Å². The highest BCUT2D eigenvalue weighted by molar-refractivity contribution is 6.68. The zero-order valence-electron chi connectivity index (χ0n) is 6.43. The molecule has 1 aromatic heterocycles. The Morgan fingerprint density at radius 3 is 2.64 bits per heavy atom. The van der Waals surface area contributed by atoms with Crippen molar-refractivity contribution in [2.45, 2.75) is 6.18 Å². The van der Waals surface area contributed by atoms with Crippen LogP contribution in [0.1, 0.15) is 5.69 Å². The maximum Gasteiger partial charge on any atom is 0.422 e. The number of nitrogens with zero attached hydrogens (tertiary/aromatic N) is 2. The van der Waals surface area contributed by atoms with Gasteiger partial charge < -0.3 is 4.74 Å². The molecule has 78 valence electrons. The van der Waals surface area contributed by atoms with Crippen LogP contribution in [-0.4, -0.2) is 28.3 Å². The summed E-state index contributed by atoms with van der Waals surface area (Å²) in [7, 11) is 0. The predicted molar refractivity (Wildman–Crippen MR) is 38.5 cm³/mol. The molecule has 0 fully saturated rings. The van der Waals surface area contributed by atoms with E-state index in [1.54, 1.807) is 0 Å². The van der Waals surface area contributed by atoms with Crippen LogP contribution in [0.25, 0.3) is 0 Å². The average molecular weight is 230 g/mol. The van der Waals surface area contributed by atoms with Gasteiger partial charge in [-0.25, -0.2) is 4.63 Å². The van der Waals surface area contributed by atoms with Gasteiger partial charge in [-0.1, -0.05) is 11.6 Å². The van der Waals surface area contributed by atoms with Crippen LogP contribution in [-0.2, 0) is 0 Å². The van der Waals surface area contributed by atoms with Gasteiger partial charge in [-0.2, -0.15) is 13.2 Å². The van der Waals surface area contributed by atoms with E-state index in [0.29, 0.717) is 0 Å². The molecule has 1 rings (SSSR count). The van der Waals surface area contributed by atoms with Crippen molar-refractivity contribution in [3.63, 3.8) is 0 Å². The van der Waals surface area contributed by atoms with Crippen molar-refractivity contribution in [2.75, 3.05) is 6.61 Å². The van der Waals surface area contributed by atoms with Gasteiger partial charge in [-0.15, -0.1) is 0 Å². The number of aromatic nitrogens is 2. The van der Waals surface area contributed by atoms with Crippen LogP contribution in [0.2, 0.25) is 0 Å². The van der Waals surface area contributed by atoms with Crippen LogP contribution in [0.15, 0.2) is 4.63 Å². The quantitative estimate of drug-likeness (QED) is 0.799. The minimum Gasteiger partial charge on any atom is -0.464 e. The van der Waals surface area contributed by atoms with Crippen molar-refractivity contribution in [2.24, 2.45) is 0 Å². The molecule has 0 spiro atoms. The molecule has 0 saturated carbocycles. The average Bonchev–Trinajstić information content (AvgIpc) is 2.46. The molecule has 0 saturated heterocycles. The van der Waals surface area contributed by atoms with Crippen LogP contribution in [0.3, 0.4) is 0 Å². The molecular weight excluding hydrogens is 227 g/mol. The van der Waals surface area contributed by atoms with Crippen LogP contribution in [0.5, 0.6) is 5.88 Å². The Labute approximate surface area is 80.3 Å². The van der Waals surface area contributed by atoms with Crippen molar-refractivity contribution < 1.29 is 22.5 Å². The third-order valence-corrected chi connectivity index (χ3v) is 1.22. The molecule has 9 heteroatoms. The van der Waals surface area contributed by atoms with Gasteiger partial charge in [0.25, 0.3) is 5.88 Å². The van der Waals surface area contributed by atoms with Crippen molar-refractivity contribution in [3.05, 3.63) is 5.69 Å². The van der Waals surface area contributed by atoms with E-state index in [9.17, 15) is 13.2 Å². The zero-order chi connectivity index (χ0) is 10.8. The van der Waals surface area contributed by atoms with E-state index in [4.69, 9.17) is 17.0 Å². The lowest BCUT2D eigenvalue weighted by atomic mass is 10.5. The summed E-state index contributed by atoms with van der Waals surface area (Å²) >= 11 is 5.16. The van der Waals surface area contributed by atoms with Gasteiger partial charge >= 0.3 is 6.18 Å². The van der Waals surface area contributed by atoms with Crippen molar-refractivity contribution >= 4 is 16.8 Å². The largest absolute Gasteiger partial charge is 0.464 e. The standard InChI is InChI=1S/C5H3ClF3N3O2/c6-3(10)2-4(12-14-11-2)13-1-5(7,8)9/h10H,1H2.